The van der Waals surface area contributed by atoms with Crippen molar-refractivity contribution in [3.05, 3.63) is 64.7 Å². The van der Waals surface area contributed by atoms with Crippen LogP contribution in [0.15, 0.2) is 48.5 Å². The summed E-state index contributed by atoms with van der Waals surface area (Å²) in [4.78, 5) is 12.2. The molecule has 3 nitrogen and oxygen atoms in total. The van der Waals surface area contributed by atoms with Gasteiger partial charge < -0.3 is 11.1 Å². The van der Waals surface area contributed by atoms with Crippen molar-refractivity contribution in [2.75, 3.05) is 5.32 Å². The highest BCUT2D eigenvalue weighted by atomic mass is 35.5. The van der Waals surface area contributed by atoms with E-state index in [9.17, 15) is 4.79 Å². The van der Waals surface area contributed by atoms with Gasteiger partial charge in [0.15, 0.2) is 0 Å². The van der Waals surface area contributed by atoms with Crippen LogP contribution >= 0.6 is 23.8 Å². The molecule has 0 bridgehead atoms. The van der Waals surface area contributed by atoms with E-state index < -0.39 is 0 Å². The smallest absolute Gasteiger partial charge is 0.255 e. The molecule has 1 amide bonds. The van der Waals surface area contributed by atoms with Crippen molar-refractivity contribution >= 4 is 40.4 Å². The summed E-state index contributed by atoms with van der Waals surface area (Å²) in [5.74, 6) is -0.217. The number of nitrogens with one attached hydrogen (secondary N) is 1. The Morgan fingerprint density at radius 1 is 1.11 bits per heavy atom. The predicted molar refractivity (Wildman–Crippen MR) is 81.7 cm³/mol. The summed E-state index contributed by atoms with van der Waals surface area (Å²) in [7, 11) is 0. The van der Waals surface area contributed by atoms with Crippen LogP contribution < -0.4 is 11.1 Å². The largest absolute Gasteiger partial charge is 0.389 e. The SMILES string of the molecule is NC(=S)c1ccc(NC(=O)c2ccccc2)c(Cl)c1. The van der Waals surface area contributed by atoms with Gasteiger partial charge in [0, 0.05) is 11.1 Å². The van der Waals surface area contributed by atoms with Gasteiger partial charge in [-0.1, -0.05) is 42.0 Å². The maximum atomic E-state index is 12.0. The maximum Gasteiger partial charge on any atom is 0.255 e. The predicted octanol–water partition coefficient (Wildman–Crippen LogP) is 3.23. The first kappa shape index (κ1) is 13.5. The van der Waals surface area contributed by atoms with Crippen molar-refractivity contribution in [1.29, 1.82) is 0 Å². The molecule has 2 aromatic carbocycles. The lowest BCUT2D eigenvalue weighted by Gasteiger charge is -2.08. The average molecular weight is 291 g/mol. The molecule has 2 rings (SSSR count). The molecule has 0 saturated carbocycles. The number of hydrogen-bond donors (Lipinski definition) is 2. The Bertz CT molecular complexity index is 629. The topological polar surface area (TPSA) is 55.1 Å². The molecule has 0 aliphatic rings. The number of hydrogen-bond acceptors (Lipinski definition) is 2. The zero-order chi connectivity index (χ0) is 13.8. The quantitative estimate of drug-likeness (QED) is 0.853. The van der Waals surface area contributed by atoms with Gasteiger partial charge in [0.25, 0.3) is 5.91 Å². The lowest BCUT2D eigenvalue weighted by Crippen LogP contribution is -2.13. The fraction of sp³-hybridized carbons (Fsp3) is 0. The Morgan fingerprint density at radius 2 is 1.79 bits per heavy atom. The summed E-state index contributed by atoms with van der Waals surface area (Å²) in [5.41, 5.74) is 7.27. The Hall–Kier alpha value is -1.91. The molecule has 2 aromatic rings. The summed E-state index contributed by atoms with van der Waals surface area (Å²) in [5, 5.41) is 3.14. The molecule has 0 saturated heterocycles. The third-order valence-corrected chi connectivity index (χ3v) is 3.09. The van der Waals surface area contributed by atoms with Crippen LogP contribution in [-0.4, -0.2) is 10.9 Å². The van der Waals surface area contributed by atoms with Crippen molar-refractivity contribution in [1.82, 2.24) is 0 Å². The standard InChI is InChI=1S/C14H11ClN2OS/c15-11-8-10(13(16)19)6-7-12(11)17-14(18)9-4-2-1-3-5-9/h1-8H,(H2,16,19)(H,17,18). The van der Waals surface area contributed by atoms with Crippen molar-refractivity contribution in [2.24, 2.45) is 5.73 Å². The second-order valence-electron chi connectivity index (χ2n) is 3.88. The van der Waals surface area contributed by atoms with E-state index in [2.05, 4.69) is 5.32 Å². The van der Waals surface area contributed by atoms with Crippen molar-refractivity contribution < 1.29 is 4.79 Å². The number of carbonyl (C=O) groups excluding carboxylic acids is 1. The Morgan fingerprint density at radius 3 is 2.37 bits per heavy atom. The maximum absolute atomic E-state index is 12.0. The molecule has 0 aliphatic carbocycles. The van der Waals surface area contributed by atoms with Gasteiger partial charge in [-0.3, -0.25) is 4.79 Å². The van der Waals surface area contributed by atoms with Gasteiger partial charge in [0.1, 0.15) is 4.99 Å². The molecule has 0 unspecified atom stereocenters. The van der Waals surface area contributed by atoms with Gasteiger partial charge in [0.05, 0.1) is 10.7 Å². The molecule has 0 spiro atoms. The number of rotatable bonds is 3. The summed E-state index contributed by atoms with van der Waals surface area (Å²) in [6.45, 7) is 0. The molecule has 96 valence electrons. The summed E-state index contributed by atoms with van der Waals surface area (Å²) in [6, 6.07) is 13.9. The zero-order valence-electron chi connectivity index (χ0n) is 9.89. The van der Waals surface area contributed by atoms with E-state index in [1.165, 1.54) is 0 Å². The van der Waals surface area contributed by atoms with Crippen LogP contribution in [0.5, 0.6) is 0 Å². The molecular weight excluding hydrogens is 280 g/mol. The lowest BCUT2D eigenvalue weighted by molar-refractivity contribution is 0.102. The van der Waals surface area contributed by atoms with E-state index in [0.717, 1.165) is 0 Å². The fourth-order valence-electron chi connectivity index (χ4n) is 1.55. The number of thiocarbonyl (C=S) groups is 1. The minimum Gasteiger partial charge on any atom is -0.389 e. The van der Waals surface area contributed by atoms with E-state index in [4.69, 9.17) is 29.6 Å². The number of amides is 1. The van der Waals surface area contributed by atoms with Crippen LogP contribution in [0.25, 0.3) is 0 Å². The number of nitrogens with two attached hydrogens (primary N) is 1. The second kappa shape index (κ2) is 5.82. The highest BCUT2D eigenvalue weighted by Gasteiger charge is 2.09. The molecule has 0 atom stereocenters. The minimum absolute atomic E-state index is 0.217. The van der Waals surface area contributed by atoms with Gasteiger partial charge in [-0.2, -0.15) is 0 Å². The lowest BCUT2D eigenvalue weighted by atomic mass is 10.2. The Balaban J connectivity index is 2.20. The van der Waals surface area contributed by atoms with E-state index in [1.807, 2.05) is 6.07 Å². The number of halogens is 1. The summed E-state index contributed by atoms with van der Waals surface area (Å²) in [6.07, 6.45) is 0. The Labute approximate surface area is 121 Å². The second-order valence-corrected chi connectivity index (χ2v) is 4.73. The molecule has 3 N–H and O–H groups in total. The molecule has 0 heterocycles. The summed E-state index contributed by atoms with van der Waals surface area (Å²) < 4.78 is 0. The van der Waals surface area contributed by atoms with Gasteiger partial charge >= 0.3 is 0 Å². The van der Waals surface area contributed by atoms with Gasteiger partial charge in [-0.25, -0.2) is 0 Å². The molecule has 19 heavy (non-hydrogen) atoms. The van der Waals surface area contributed by atoms with Crippen LogP contribution in [-0.2, 0) is 0 Å². The molecule has 0 aromatic heterocycles. The van der Waals surface area contributed by atoms with Crippen LogP contribution in [0.1, 0.15) is 15.9 Å². The van der Waals surface area contributed by atoms with E-state index in [-0.39, 0.29) is 10.9 Å². The van der Waals surface area contributed by atoms with Crippen molar-refractivity contribution in [2.45, 2.75) is 0 Å². The zero-order valence-corrected chi connectivity index (χ0v) is 11.5. The third-order valence-electron chi connectivity index (χ3n) is 2.54. The molecule has 0 aliphatic heterocycles. The van der Waals surface area contributed by atoms with E-state index >= 15 is 0 Å². The number of anilines is 1. The highest BCUT2D eigenvalue weighted by molar-refractivity contribution is 7.80. The number of carbonyl (C=O) groups is 1. The Kier molecular flexibility index (Phi) is 4.14. The first-order valence-electron chi connectivity index (χ1n) is 5.53. The van der Waals surface area contributed by atoms with Crippen molar-refractivity contribution in [3.63, 3.8) is 0 Å². The third kappa shape index (κ3) is 3.30. The van der Waals surface area contributed by atoms with E-state index in [1.54, 1.807) is 42.5 Å². The van der Waals surface area contributed by atoms with Crippen LogP contribution in [0.3, 0.4) is 0 Å². The van der Waals surface area contributed by atoms with Gasteiger partial charge in [-0.05, 0) is 30.3 Å². The molecule has 5 heteroatoms. The molecule has 0 radical (unpaired) electrons. The normalized spacial score (nSPS) is 9.95. The monoisotopic (exact) mass is 290 g/mol. The first-order valence-corrected chi connectivity index (χ1v) is 6.32. The van der Waals surface area contributed by atoms with E-state index in [0.29, 0.717) is 21.8 Å². The fourth-order valence-corrected chi connectivity index (χ4v) is 1.91. The molecular formula is C14H11ClN2OS. The highest BCUT2D eigenvalue weighted by Crippen LogP contribution is 2.23. The van der Waals surface area contributed by atoms with Crippen LogP contribution in [0.2, 0.25) is 5.02 Å². The minimum atomic E-state index is -0.217. The average Bonchev–Trinajstić information content (AvgIpc) is 2.41. The number of benzene rings is 2. The van der Waals surface area contributed by atoms with Crippen LogP contribution in [0.4, 0.5) is 5.69 Å². The van der Waals surface area contributed by atoms with Crippen molar-refractivity contribution in [3.8, 4) is 0 Å². The van der Waals surface area contributed by atoms with Gasteiger partial charge in [0.2, 0.25) is 0 Å². The summed E-state index contributed by atoms with van der Waals surface area (Å²) >= 11 is 10.9. The van der Waals surface area contributed by atoms with Crippen LogP contribution in [0, 0.1) is 0 Å². The molecule has 0 fully saturated rings. The first-order chi connectivity index (χ1) is 9.08. The van der Waals surface area contributed by atoms with Gasteiger partial charge in [-0.15, -0.1) is 0 Å².